The SMILES string of the molecule is CC1(C)CCC(CN2CCN(c3ccc(C(=O)NS(=O)(=O)c4ccc(NC5CCS(=O)(=O)C5)c([N+](=O)[O-])c4)c(Oc4cccc5[nH]ccc45)c3)CC2)=C(c2ccc(Cl)cc2)C1. The maximum absolute atomic E-state index is 13.9. The molecule has 0 spiro atoms. The molecule has 1 unspecified atom stereocenters. The number of hydrogen-bond donors (Lipinski definition) is 3. The third kappa shape index (κ3) is 9.57. The summed E-state index contributed by atoms with van der Waals surface area (Å²) in [6.07, 6.45) is 5.19. The first kappa shape index (κ1) is 42.3. The van der Waals surface area contributed by atoms with Crippen molar-refractivity contribution in [2.45, 2.75) is 50.5 Å². The highest BCUT2D eigenvalue weighted by atomic mass is 35.5. The van der Waals surface area contributed by atoms with Gasteiger partial charge in [0.1, 0.15) is 17.2 Å². The molecule has 0 radical (unpaired) electrons. The highest BCUT2D eigenvalue weighted by Crippen LogP contribution is 2.44. The average Bonchev–Trinajstić information content (AvgIpc) is 3.85. The third-order valence-electron chi connectivity index (χ3n) is 11.8. The van der Waals surface area contributed by atoms with E-state index in [2.05, 4.69) is 50.8 Å². The van der Waals surface area contributed by atoms with Gasteiger partial charge < -0.3 is 19.9 Å². The summed E-state index contributed by atoms with van der Waals surface area (Å²) in [6.45, 7) is 8.55. The molecule has 4 aromatic carbocycles. The molecule has 61 heavy (non-hydrogen) atoms. The Bertz CT molecular complexity index is 2760. The second-order valence-electron chi connectivity index (χ2n) is 16.8. The molecule has 5 aromatic rings. The van der Waals surface area contributed by atoms with Crippen LogP contribution in [0.15, 0.2) is 102 Å². The molecular formula is C44H47ClN6O8S2. The number of aromatic nitrogens is 1. The minimum absolute atomic E-state index is 0.0266. The minimum Gasteiger partial charge on any atom is -0.456 e. The number of nitro groups is 1. The number of nitro benzene ring substituents is 1. The van der Waals surface area contributed by atoms with Crippen molar-refractivity contribution < 1.29 is 31.3 Å². The summed E-state index contributed by atoms with van der Waals surface area (Å²) in [5.74, 6) is -0.658. The topological polar surface area (TPSA) is 184 Å². The lowest BCUT2D eigenvalue weighted by Gasteiger charge is -2.39. The van der Waals surface area contributed by atoms with Crippen LogP contribution in [0.25, 0.3) is 16.5 Å². The van der Waals surface area contributed by atoms with E-state index in [0.717, 1.165) is 72.6 Å². The van der Waals surface area contributed by atoms with Gasteiger partial charge in [0, 0.05) is 78.7 Å². The van der Waals surface area contributed by atoms with Crippen LogP contribution in [0, 0.1) is 15.5 Å². The van der Waals surface area contributed by atoms with Gasteiger partial charge in [-0.1, -0.05) is 49.2 Å². The Kier molecular flexibility index (Phi) is 11.6. The summed E-state index contributed by atoms with van der Waals surface area (Å²) in [7, 11) is -7.91. The summed E-state index contributed by atoms with van der Waals surface area (Å²) in [4.78, 5) is 32.5. The van der Waals surface area contributed by atoms with E-state index in [1.807, 2.05) is 24.3 Å². The van der Waals surface area contributed by atoms with E-state index in [0.29, 0.717) is 18.8 Å². The van der Waals surface area contributed by atoms with E-state index in [1.165, 1.54) is 28.8 Å². The van der Waals surface area contributed by atoms with Crippen LogP contribution in [0.1, 0.15) is 55.5 Å². The molecule has 1 aromatic heterocycles. The number of ether oxygens (including phenoxy) is 1. The van der Waals surface area contributed by atoms with Crippen LogP contribution in [-0.4, -0.2) is 87.8 Å². The Morgan fingerprint density at radius 3 is 2.49 bits per heavy atom. The number of allylic oxidation sites excluding steroid dienone is 1. The van der Waals surface area contributed by atoms with E-state index in [4.69, 9.17) is 16.3 Å². The number of amides is 1. The largest absolute Gasteiger partial charge is 0.456 e. The Morgan fingerprint density at radius 2 is 1.77 bits per heavy atom. The number of hydrogen-bond acceptors (Lipinski definition) is 11. The molecule has 2 saturated heterocycles. The summed E-state index contributed by atoms with van der Waals surface area (Å²) in [5.41, 5.74) is 5.23. The quantitative estimate of drug-likeness (QED) is 0.0815. The number of nitrogens with zero attached hydrogens (tertiary/aromatic N) is 3. The lowest BCUT2D eigenvalue weighted by molar-refractivity contribution is -0.384. The number of carbonyl (C=O) groups is 1. The normalized spacial score (nSPS) is 19.2. The van der Waals surface area contributed by atoms with Crippen LogP contribution < -0.4 is 19.7 Å². The van der Waals surface area contributed by atoms with Crippen LogP contribution in [-0.2, 0) is 19.9 Å². The van der Waals surface area contributed by atoms with Crippen LogP contribution in [0.4, 0.5) is 17.1 Å². The zero-order valence-electron chi connectivity index (χ0n) is 33.8. The fourth-order valence-electron chi connectivity index (χ4n) is 8.46. The van der Waals surface area contributed by atoms with Crippen LogP contribution >= 0.6 is 11.6 Å². The molecule has 3 N–H and O–H groups in total. The van der Waals surface area contributed by atoms with Gasteiger partial charge in [0.25, 0.3) is 21.6 Å². The number of rotatable bonds is 12. The molecule has 3 aliphatic rings. The molecule has 14 nitrogen and oxygen atoms in total. The fourth-order valence-corrected chi connectivity index (χ4v) is 11.2. The number of fused-ring (bicyclic) bond motifs is 1. The van der Waals surface area contributed by atoms with Gasteiger partial charge in [0.05, 0.1) is 26.9 Å². The third-order valence-corrected chi connectivity index (χ3v) is 15.2. The molecule has 320 valence electrons. The minimum atomic E-state index is -4.63. The molecule has 1 amide bonds. The van der Waals surface area contributed by atoms with Gasteiger partial charge in [0.2, 0.25) is 0 Å². The van der Waals surface area contributed by atoms with Crippen molar-refractivity contribution in [3.05, 3.63) is 123 Å². The lowest BCUT2D eigenvalue weighted by Crippen LogP contribution is -2.47. The van der Waals surface area contributed by atoms with Crippen molar-refractivity contribution in [3.63, 3.8) is 0 Å². The van der Waals surface area contributed by atoms with Crippen molar-refractivity contribution in [1.29, 1.82) is 0 Å². The number of anilines is 2. The summed E-state index contributed by atoms with van der Waals surface area (Å²) >= 11 is 6.23. The molecule has 3 heterocycles. The number of piperazine rings is 1. The summed E-state index contributed by atoms with van der Waals surface area (Å²) in [6, 6.07) is 23.1. The Morgan fingerprint density at radius 1 is 1.00 bits per heavy atom. The predicted octanol–water partition coefficient (Wildman–Crippen LogP) is 8.03. The van der Waals surface area contributed by atoms with Crippen LogP contribution in [0.3, 0.4) is 0 Å². The standard InChI is InChI=1S/C44H47ClN6O8S2/c1-44(2)17-14-30(37(26-44)29-6-8-31(45)9-7-29)27-49-19-21-50(22-20-49)33-10-12-36(42(24-33)59-41-5-3-4-38-35(41)15-18-46-38)43(52)48-61(57,58)34-11-13-39(40(25-34)51(53)54)47-32-16-23-60(55,56)28-32/h3-13,15,18,24-25,32,46-47H,14,16-17,19-23,26-28H2,1-2H3,(H,48,52). The maximum Gasteiger partial charge on any atom is 0.293 e. The highest BCUT2D eigenvalue weighted by Gasteiger charge is 2.32. The molecule has 17 heteroatoms. The zero-order valence-corrected chi connectivity index (χ0v) is 36.2. The first-order valence-electron chi connectivity index (χ1n) is 20.2. The van der Waals surface area contributed by atoms with Crippen molar-refractivity contribution in [3.8, 4) is 11.5 Å². The number of H-pyrrole nitrogens is 1. The van der Waals surface area contributed by atoms with E-state index in [-0.39, 0.29) is 40.3 Å². The average molecular weight is 887 g/mol. The highest BCUT2D eigenvalue weighted by molar-refractivity contribution is 7.91. The van der Waals surface area contributed by atoms with E-state index in [9.17, 15) is 31.7 Å². The predicted molar refractivity (Wildman–Crippen MR) is 238 cm³/mol. The second kappa shape index (κ2) is 16.8. The van der Waals surface area contributed by atoms with Gasteiger partial charge in [-0.25, -0.2) is 21.6 Å². The zero-order chi connectivity index (χ0) is 43.1. The molecule has 2 fully saturated rings. The second-order valence-corrected chi connectivity index (χ2v) is 21.1. The molecule has 0 saturated carbocycles. The van der Waals surface area contributed by atoms with Gasteiger partial charge in [-0.15, -0.1) is 0 Å². The molecule has 1 aliphatic carbocycles. The van der Waals surface area contributed by atoms with Gasteiger partial charge in [-0.3, -0.25) is 19.8 Å². The first-order valence-corrected chi connectivity index (χ1v) is 23.9. The van der Waals surface area contributed by atoms with Crippen molar-refractivity contribution in [2.75, 3.05) is 54.4 Å². The number of sulfonamides is 1. The number of nitrogens with one attached hydrogen (secondary N) is 3. The molecular weight excluding hydrogens is 840 g/mol. The van der Waals surface area contributed by atoms with Gasteiger partial charge in [-0.05, 0) is 96.8 Å². The number of halogens is 1. The van der Waals surface area contributed by atoms with Crippen molar-refractivity contribution >= 4 is 70.9 Å². The summed E-state index contributed by atoms with van der Waals surface area (Å²) in [5, 5.41) is 16.4. The van der Waals surface area contributed by atoms with Crippen molar-refractivity contribution in [2.24, 2.45) is 5.41 Å². The van der Waals surface area contributed by atoms with Crippen LogP contribution in [0.2, 0.25) is 5.02 Å². The number of benzene rings is 4. The molecule has 2 aliphatic heterocycles. The number of aromatic amines is 1. The van der Waals surface area contributed by atoms with Gasteiger partial charge in [0.15, 0.2) is 9.84 Å². The van der Waals surface area contributed by atoms with Crippen LogP contribution in [0.5, 0.6) is 11.5 Å². The van der Waals surface area contributed by atoms with Gasteiger partial charge >= 0.3 is 0 Å². The monoisotopic (exact) mass is 886 g/mol. The lowest BCUT2D eigenvalue weighted by atomic mass is 9.72. The van der Waals surface area contributed by atoms with E-state index in [1.54, 1.807) is 30.5 Å². The number of carbonyl (C=O) groups excluding carboxylic acids is 1. The maximum atomic E-state index is 13.9. The number of sulfone groups is 1. The summed E-state index contributed by atoms with van der Waals surface area (Å²) < 4.78 is 59.7. The van der Waals surface area contributed by atoms with Crippen molar-refractivity contribution in [1.82, 2.24) is 14.6 Å². The molecule has 1 atom stereocenters. The fraction of sp³-hybridized carbons (Fsp3) is 0.341. The Balaban J connectivity index is 1.02. The van der Waals surface area contributed by atoms with E-state index >= 15 is 0 Å². The molecule has 8 rings (SSSR count). The first-order chi connectivity index (χ1) is 29.0. The molecule has 0 bridgehead atoms. The smallest absolute Gasteiger partial charge is 0.293 e. The Labute approximate surface area is 360 Å². The van der Waals surface area contributed by atoms with E-state index < -0.39 is 47.3 Å². The Hall–Kier alpha value is -5.42. The van der Waals surface area contributed by atoms with Gasteiger partial charge in [-0.2, -0.15) is 0 Å².